The molecule has 0 bridgehead atoms. The largest absolute Gasteiger partial charge is 0.382 e. The first-order valence-electron chi connectivity index (χ1n) is 35.8. The van der Waals surface area contributed by atoms with Gasteiger partial charge in [-0.3, -0.25) is 19.2 Å². The van der Waals surface area contributed by atoms with Crippen LogP contribution in [0.1, 0.15) is 64.4 Å². The van der Waals surface area contributed by atoms with Gasteiger partial charge in [-0.25, -0.2) is 0 Å². The summed E-state index contributed by atoms with van der Waals surface area (Å²) in [6.07, 6.45) is 0. The van der Waals surface area contributed by atoms with E-state index < -0.39 is 23.7 Å². The van der Waals surface area contributed by atoms with Gasteiger partial charge in [0.25, 0.3) is 23.6 Å². The normalized spacial score (nSPS) is 11.9. The van der Waals surface area contributed by atoms with E-state index in [-0.39, 0.29) is 128 Å². The van der Waals surface area contributed by atoms with E-state index >= 15 is 9.59 Å². The van der Waals surface area contributed by atoms with Crippen molar-refractivity contribution >= 4 is 88.3 Å². The van der Waals surface area contributed by atoms with Gasteiger partial charge in [-0.1, -0.05) is 103 Å². The van der Waals surface area contributed by atoms with Crippen molar-refractivity contribution in [1.29, 1.82) is 0 Å². The van der Waals surface area contributed by atoms with Crippen LogP contribution in [0.4, 0.5) is 0 Å². The van der Waals surface area contributed by atoms with Crippen LogP contribution in [0, 0.1) is 0 Å². The van der Waals surface area contributed by atoms with Gasteiger partial charge < -0.3 is 97.1 Å². The molecule has 9 rings (SSSR count). The number of rotatable bonds is 56. The van der Waals surface area contributed by atoms with Crippen LogP contribution in [-0.2, 0) is 75.8 Å². The number of nitrogens with one attached hydrogen (secondary N) is 4. The Kier molecular flexibility index (Phi) is 35.3. The van der Waals surface area contributed by atoms with Crippen molar-refractivity contribution in [1.82, 2.24) is 21.3 Å². The number of carbonyl (C=O) groups excluding carboxylic acids is 4. The minimum Gasteiger partial charge on any atom is -0.382 e. The van der Waals surface area contributed by atoms with Crippen molar-refractivity contribution < 1.29 is 95.0 Å². The lowest BCUT2D eigenvalue weighted by Crippen LogP contribution is -2.37. The minimum atomic E-state index is -0.646. The van der Waals surface area contributed by atoms with Crippen molar-refractivity contribution in [3.63, 3.8) is 0 Å². The molecule has 104 heavy (non-hydrogen) atoms. The van der Waals surface area contributed by atoms with Gasteiger partial charge in [0.1, 0.15) is 0 Å². The molecule has 24 nitrogen and oxygen atoms in total. The number of ether oxygens (including phenoxy) is 16. The second kappa shape index (κ2) is 45.6. The van der Waals surface area contributed by atoms with E-state index in [9.17, 15) is 9.59 Å². The fraction of sp³-hybridized carbons (Fsp3) is 0.475. The molecular weight excluding hydrogens is 1340 g/mol. The highest BCUT2D eigenvalue weighted by atomic mass is 16.6. The Bertz CT molecular complexity index is 3700. The molecular formula is C80H102N4O20. The van der Waals surface area contributed by atoms with Crippen LogP contribution < -0.4 is 21.3 Å². The average Bonchev–Trinajstić information content (AvgIpc) is 0.747. The van der Waals surface area contributed by atoms with Crippen molar-refractivity contribution in [3.05, 3.63) is 155 Å². The molecule has 0 aliphatic carbocycles. The lowest BCUT2D eigenvalue weighted by molar-refractivity contribution is -0.0124. The molecule has 0 unspecified atom stereocenters. The first-order valence-corrected chi connectivity index (χ1v) is 35.8. The number of benzene rings is 9. The van der Waals surface area contributed by atoms with Crippen LogP contribution in [0.5, 0.6) is 0 Å². The molecule has 0 fully saturated rings. The Morgan fingerprint density at radius 2 is 0.490 bits per heavy atom. The first kappa shape index (κ1) is 80.4. The SMILES string of the molecule is COCCOCCOCCOCC(COCCOCCOCCOC)c1cc(C(COCCOCCOCCOC)COCCOCCOCCOC)c(C(=O)NCCNC(=O)c2ccc3ccc4cccc5ccc2c3c45)cc1C(=O)NCCNC(=O)c1ccc2ccc3cccc4ccc1c2c34. The topological polar surface area (TPSA) is 264 Å². The number of carbonyl (C=O) groups is 4. The molecule has 0 heterocycles. The maximum atomic E-state index is 15.3. The highest BCUT2D eigenvalue weighted by Crippen LogP contribution is 2.38. The van der Waals surface area contributed by atoms with Gasteiger partial charge in [0, 0.05) is 88.7 Å². The quantitative estimate of drug-likeness (QED) is 0.0205. The van der Waals surface area contributed by atoms with Gasteiger partial charge in [0.05, 0.1) is 185 Å². The summed E-state index contributed by atoms with van der Waals surface area (Å²) in [5.74, 6) is -2.97. The lowest BCUT2D eigenvalue weighted by Gasteiger charge is -2.26. The average molecular weight is 1440 g/mol. The Hall–Kier alpha value is -7.70. The highest BCUT2D eigenvalue weighted by Gasteiger charge is 2.29. The van der Waals surface area contributed by atoms with E-state index in [1.165, 1.54) is 0 Å². The van der Waals surface area contributed by atoms with Gasteiger partial charge >= 0.3 is 0 Å². The van der Waals surface area contributed by atoms with Crippen LogP contribution in [0.2, 0.25) is 0 Å². The molecule has 0 atom stereocenters. The molecule has 0 aliphatic rings. The maximum Gasteiger partial charge on any atom is 0.251 e. The number of methoxy groups -OCH3 is 4. The third kappa shape index (κ3) is 24.2. The van der Waals surface area contributed by atoms with Gasteiger partial charge in [-0.05, 0) is 94.0 Å². The van der Waals surface area contributed by atoms with Crippen LogP contribution in [0.15, 0.2) is 121 Å². The second-order valence-corrected chi connectivity index (χ2v) is 24.6. The Morgan fingerprint density at radius 3 is 0.769 bits per heavy atom. The zero-order valence-corrected chi connectivity index (χ0v) is 60.5. The van der Waals surface area contributed by atoms with Crippen LogP contribution in [-0.4, -0.2) is 263 Å². The molecule has 0 radical (unpaired) electrons. The van der Waals surface area contributed by atoms with Crippen molar-refractivity contribution in [3.8, 4) is 0 Å². The number of amides is 4. The predicted octanol–water partition coefficient (Wildman–Crippen LogP) is 8.75. The molecule has 4 N–H and O–H groups in total. The summed E-state index contributed by atoms with van der Waals surface area (Å²) in [5.41, 5.74) is 2.28. The molecule has 0 spiro atoms. The standard InChI is InChI=1S/C80H102N4O20/c1-89-27-31-93-35-39-97-43-47-101-53-63(54-102-48-44-98-40-36-94-32-28-90-2)69-51-70(64(55-103-49-45-99-41-37-95-33-29-91-3)56-104-50-46-100-42-38-96-34-30-92-4)72(80(88)84-26-24-82-78(86)68-22-18-62-14-12-58-8-6-10-60-16-20-66(68)76(62)74(58)60)52-71(69)79(87)83-25-23-81-77(85)67-21-17-61-13-11-57-7-5-9-59-15-19-65(67)75(61)73(57)59/h5-22,51-52,63-64H,23-50,53-56H2,1-4H3,(H,81,85)(H,82,86)(H,83,87)(H,84,88). The third-order valence-corrected chi connectivity index (χ3v) is 17.5. The summed E-state index contributed by atoms with van der Waals surface area (Å²) in [6.45, 7) is 8.39. The van der Waals surface area contributed by atoms with E-state index in [0.717, 1.165) is 64.6 Å². The van der Waals surface area contributed by atoms with Crippen LogP contribution in [0.25, 0.3) is 64.6 Å². The van der Waals surface area contributed by atoms with Crippen molar-refractivity contribution in [2.45, 2.75) is 11.8 Å². The first-order chi connectivity index (χ1) is 51.2. The predicted molar refractivity (Wildman–Crippen MR) is 399 cm³/mol. The summed E-state index contributed by atoms with van der Waals surface area (Å²) in [6, 6.07) is 39.7. The van der Waals surface area contributed by atoms with E-state index in [2.05, 4.69) is 69.8 Å². The minimum absolute atomic E-state index is 0.00857. The van der Waals surface area contributed by atoms with Crippen LogP contribution in [0.3, 0.4) is 0 Å². The summed E-state index contributed by atoms with van der Waals surface area (Å²) >= 11 is 0. The Morgan fingerprint density at radius 1 is 0.260 bits per heavy atom. The second-order valence-electron chi connectivity index (χ2n) is 24.6. The molecule has 0 saturated carbocycles. The molecule has 0 aliphatic heterocycles. The molecule has 9 aromatic carbocycles. The maximum absolute atomic E-state index is 15.3. The molecule has 562 valence electrons. The monoisotopic (exact) mass is 1440 g/mol. The van der Waals surface area contributed by atoms with Gasteiger partial charge in [-0.15, -0.1) is 0 Å². The van der Waals surface area contributed by atoms with E-state index in [4.69, 9.17) is 75.8 Å². The fourth-order valence-electron chi connectivity index (χ4n) is 12.3. The Labute approximate surface area is 608 Å². The van der Waals surface area contributed by atoms with Gasteiger partial charge in [0.15, 0.2) is 0 Å². The third-order valence-electron chi connectivity index (χ3n) is 17.5. The van der Waals surface area contributed by atoms with Crippen LogP contribution >= 0.6 is 0 Å². The highest BCUT2D eigenvalue weighted by molar-refractivity contribution is 6.27. The van der Waals surface area contributed by atoms with Gasteiger partial charge in [0.2, 0.25) is 0 Å². The summed E-state index contributed by atoms with van der Waals surface area (Å²) in [4.78, 5) is 59.2. The smallest absolute Gasteiger partial charge is 0.251 e. The van der Waals surface area contributed by atoms with E-state index in [1.54, 1.807) is 34.5 Å². The van der Waals surface area contributed by atoms with Gasteiger partial charge in [-0.2, -0.15) is 0 Å². The molecule has 0 saturated heterocycles. The van der Waals surface area contributed by atoms with Crippen molar-refractivity contribution in [2.75, 3.05) is 240 Å². The van der Waals surface area contributed by atoms with Crippen molar-refractivity contribution in [2.24, 2.45) is 0 Å². The van der Waals surface area contributed by atoms with E-state index in [1.807, 2.05) is 66.7 Å². The molecule has 4 amide bonds. The Balaban J connectivity index is 1.01. The molecule has 0 aromatic heterocycles. The molecule has 9 aromatic rings. The zero-order chi connectivity index (χ0) is 72.8. The zero-order valence-electron chi connectivity index (χ0n) is 60.5. The number of hydrogen-bond donors (Lipinski definition) is 4. The summed E-state index contributed by atoms with van der Waals surface area (Å²) in [5, 5.41) is 24.4. The molecule has 24 heteroatoms. The lowest BCUT2D eigenvalue weighted by atomic mass is 9.85. The summed E-state index contributed by atoms with van der Waals surface area (Å²) < 4.78 is 92.0. The summed E-state index contributed by atoms with van der Waals surface area (Å²) in [7, 11) is 6.45. The fourth-order valence-corrected chi connectivity index (χ4v) is 12.3. The number of hydrogen-bond acceptors (Lipinski definition) is 20. The van der Waals surface area contributed by atoms with E-state index in [0.29, 0.717) is 128 Å².